The second-order valence-corrected chi connectivity index (χ2v) is 5.22. The van der Waals surface area contributed by atoms with Gasteiger partial charge in [0.2, 0.25) is 11.8 Å². The normalized spacial score (nSPS) is 24.6. The number of hydrogen-bond donors (Lipinski definition) is 0. The van der Waals surface area contributed by atoms with Gasteiger partial charge in [-0.05, 0) is 12.1 Å². The number of hydrogen-bond acceptors (Lipinski definition) is 5. The number of aromatic nitrogens is 1. The summed E-state index contributed by atoms with van der Waals surface area (Å²) in [7, 11) is 1.56. The maximum Gasteiger partial charge on any atom is 0.246 e. The quantitative estimate of drug-likeness (QED) is 0.708. The van der Waals surface area contributed by atoms with Gasteiger partial charge in [0, 0.05) is 39.4 Å². The third kappa shape index (κ3) is 2.27. The summed E-state index contributed by atoms with van der Waals surface area (Å²) >= 11 is 0. The van der Waals surface area contributed by atoms with Crippen molar-refractivity contribution < 1.29 is 9.59 Å². The molecule has 0 unspecified atom stereocenters. The largest absolute Gasteiger partial charge is 0.354 e. The lowest BCUT2D eigenvalue weighted by molar-refractivity contribution is -0.138. The van der Waals surface area contributed by atoms with Gasteiger partial charge in [0.1, 0.15) is 5.82 Å². The van der Waals surface area contributed by atoms with Gasteiger partial charge in [0.25, 0.3) is 0 Å². The molecule has 1 atom stereocenters. The molecule has 2 aliphatic rings. The van der Waals surface area contributed by atoms with Crippen molar-refractivity contribution in [2.45, 2.75) is 12.5 Å². The van der Waals surface area contributed by atoms with E-state index in [9.17, 15) is 9.59 Å². The molecule has 106 valence electrons. The van der Waals surface area contributed by atoms with Gasteiger partial charge in [-0.25, -0.2) is 4.98 Å². The van der Waals surface area contributed by atoms with Crippen LogP contribution in [0, 0.1) is 0 Å². The predicted octanol–water partition coefficient (Wildman–Crippen LogP) is -0.0391. The minimum absolute atomic E-state index is 0.0683. The topological polar surface area (TPSA) is 56.8 Å². The van der Waals surface area contributed by atoms with Gasteiger partial charge in [0.05, 0.1) is 12.5 Å². The van der Waals surface area contributed by atoms with Crippen molar-refractivity contribution in [3.05, 3.63) is 24.4 Å². The van der Waals surface area contributed by atoms with Crippen molar-refractivity contribution in [3.63, 3.8) is 0 Å². The number of anilines is 1. The Morgan fingerprint density at radius 3 is 2.45 bits per heavy atom. The third-order valence-corrected chi connectivity index (χ3v) is 4.09. The van der Waals surface area contributed by atoms with Crippen LogP contribution in [0.15, 0.2) is 24.4 Å². The molecule has 1 aromatic heterocycles. The number of likely N-dealkylation sites (tertiary alicyclic amines) is 1. The van der Waals surface area contributed by atoms with Crippen LogP contribution in [0.5, 0.6) is 0 Å². The Bertz CT molecular complexity index is 511. The second kappa shape index (κ2) is 5.20. The molecule has 0 N–H and O–H groups in total. The van der Waals surface area contributed by atoms with Gasteiger partial charge >= 0.3 is 0 Å². The van der Waals surface area contributed by atoms with Crippen molar-refractivity contribution in [1.82, 2.24) is 14.8 Å². The Hall–Kier alpha value is -1.95. The molecule has 3 rings (SSSR count). The maximum absolute atomic E-state index is 12.0. The van der Waals surface area contributed by atoms with E-state index in [0.717, 1.165) is 32.0 Å². The zero-order valence-corrected chi connectivity index (χ0v) is 11.5. The summed E-state index contributed by atoms with van der Waals surface area (Å²) in [6, 6.07) is 5.60. The number of rotatable bonds is 2. The highest BCUT2D eigenvalue weighted by molar-refractivity contribution is 6.05. The fraction of sp³-hybridized carbons (Fsp3) is 0.500. The van der Waals surface area contributed by atoms with Crippen molar-refractivity contribution in [1.29, 1.82) is 0 Å². The maximum atomic E-state index is 12.0. The van der Waals surface area contributed by atoms with Gasteiger partial charge in [-0.3, -0.25) is 19.4 Å². The molecule has 2 aliphatic heterocycles. The van der Waals surface area contributed by atoms with Gasteiger partial charge in [-0.1, -0.05) is 6.07 Å². The summed E-state index contributed by atoms with van der Waals surface area (Å²) in [5, 5.41) is 0. The molecule has 0 bridgehead atoms. The molecule has 2 saturated heterocycles. The Morgan fingerprint density at radius 1 is 1.15 bits per heavy atom. The Morgan fingerprint density at radius 2 is 1.90 bits per heavy atom. The molecule has 6 nitrogen and oxygen atoms in total. The summed E-state index contributed by atoms with van der Waals surface area (Å²) in [5.41, 5.74) is 0. The standard InChI is InChI=1S/C14H18N4O2/c1-16-13(19)10-11(14(16)20)17-6-8-18(9-7-17)12-4-2-3-5-15-12/h2-5,11H,6-10H2,1H3/t11-/m1/s1. The first kappa shape index (κ1) is 13.1. The molecule has 0 saturated carbocycles. The van der Waals surface area contributed by atoms with E-state index >= 15 is 0 Å². The van der Waals surface area contributed by atoms with Crippen LogP contribution in [0.25, 0.3) is 0 Å². The molecule has 3 heterocycles. The molecule has 20 heavy (non-hydrogen) atoms. The van der Waals surface area contributed by atoms with E-state index < -0.39 is 0 Å². The van der Waals surface area contributed by atoms with Crippen LogP contribution in [-0.4, -0.2) is 65.9 Å². The molecule has 2 fully saturated rings. The first-order valence-corrected chi connectivity index (χ1v) is 6.87. The molecule has 0 aromatic carbocycles. The number of imide groups is 1. The van der Waals surface area contributed by atoms with Gasteiger partial charge in [-0.2, -0.15) is 0 Å². The molecular weight excluding hydrogens is 256 g/mol. The third-order valence-electron chi connectivity index (χ3n) is 4.09. The highest BCUT2D eigenvalue weighted by Gasteiger charge is 2.40. The number of carbonyl (C=O) groups excluding carboxylic acids is 2. The smallest absolute Gasteiger partial charge is 0.246 e. The fourth-order valence-electron chi connectivity index (χ4n) is 2.82. The van der Waals surface area contributed by atoms with Crippen LogP contribution in [0.4, 0.5) is 5.82 Å². The molecule has 1 aromatic rings. The van der Waals surface area contributed by atoms with Crippen molar-refractivity contribution in [3.8, 4) is 0 Å². The minimum Gasteiger partial charge on any atom is -0.354 e. The molecule has 0 spiro atoms. The van der Waals surface area contributed by atoms with Gasteiger partial charge in [-0.15, -0.1) is 0 Å². The molecular formula is C14H18N4O2. The highest BCUT2D eigenvalue weighted by Crippen LogP contribution is 2.20. The minimum atomic E-state index is -0.265. The lowest BCUT2D eigenvalue weighted by Crippen LogP contribution is -2.52. The van der Waals surface area contributed by atoms with E-state index in [4.69, 9.17) is 0 Å². The van der Waals surface area contributed by atoms with Crippen LogP contribution < -0.4 is 4.90 Å². The van der Waals surface area contributed by atoms with Crippen molar-refractivity contribution in [2.75, 3.05) is 38.1 Å². The lowest BCUT2D eigenvalue weighted by atomic mass is 10.1. The molecule has 0 radical (unpaired) electrons. The zero-order chi connectivity index (χ0) is 14.1. The summed E-state index contributed by atoms with van der Waals surface area (Å²) in [6.07, 6.45) is 2.11. The first-order chi connectivity index (χ1) is 9.66. The SMILES string of the molecule is CN1C(=O)C[C@@H](N2CCN(c3ccccn3)CC2)C1=O. The van der Waals surface area contributed by atoms with E-state index in [1.165, 1.54) is 4.90 Å². The summed E-state index contributed by atoms with van der Waals surface area (Å²) in [6.45, 7) is 3.24. The number of pyridine rings is 1. The van der Waals surface area contributed by atoms with Crippen molar-refractivity contribution >= 4 is 17.6 Å². The number of carbonyl (C=O) groups is 2. The van der Waals surface area contributed by atoms with E-state index in [1.54, 1.807) is 13.2 Å². The molecule has 2 amide bonds. The first-order valence-electron chi connectivity index (χ1n) is 6.87. The van der Waals surface area contributed by atoms with Crippen molar-refractivity contribution in [2.24, 2.45) is 0 Å². The molecule has 6 heteroatoms. The van der Waals surface area contributed by atoms with Gasteiger partial charge < -0.3 is 4.90 Å². The summed E-state index contributed by atoms with van der Waals surface area (Å²) in [4.78, 5) is 33.5. The average Bonchev–Trinajstić information content (AvgIpc) is 2.76. The van der Waals surface area contributed by atoms with E-state index in [0.29, 0.717) is 6.42 Å². The molecule has 0 aliphatic carbocycles. The van der Waals surface area contributed by atoms with E-state index in [1.807, 2.05) is 18.2 Å². The monoisotopic (exact) mass is 274 g/mol. The van der Waals surface area contributed by atoms with Gasteiger partial charge in [0.15, 0.2) is 0 Å². The predicted molar refractivity (Wildman–Crippen MR) is 74.2 cm³/mol. The lowest BCUT2D eigenvalue weighted by Gasteiger charge is -2.37. The highest BCUT2D eigenvalue weighted by atomic mass is 16.2. The average molecular weight is 274 g/mol. The Balaban J connectivity index is 1.62. The second-order valence-electron chi connectivity index (χ2n) is 5.22. The Kier molecular flexibility index (Phi) is 3.40. The van der Waals surface area contributed by atoms with Crippen LogP contribution >= 0.6 is 0 Å². The number of piperazine rings is 1. The summed E-state index contributed by atoms with van der Waals surface area (Å²) in [5.74, 6) is 0.825. The summed E-state index contributed by atoms with van der Waals surface area (Å²) < 4.78 is 0. The van der Waals surface area contributed by atoms with Crippen LogP contribution in [0.1, 0.15) is 6.42 Å². The number of nitrogens with zero attached hydrogens (tertiary/aromatic N) is 4. The zero-order valence-electron chi connectivity index (χ0n) is 11.5. The van der Waals surface area contributed by atoms with Crippen LogP contribution in [0.2, 0.25) is 0 Å². The van der Waals surface area contributed by atoms with Crippen LogP contribution in [-0.2, 0) is 9.59 Å². The number of amides is 2. The Labute approximate surface area is 118 Å². The van der Waals surface area contributed by atoms with Crippen LogP contribution in [0.3, 0.4) is 0 Å². The fourth-order valence-corrected chi connectivity index (χ4v) is 2.82. The van der Waals surface area contributed by atoms with E-state index in [2.05, 4.69) is 14.8 Å². The van der Waals surface area contributed by atoms with E-state index in [-0.39, 0.29) is 17.9 Å². The number of likely N-dealkylation sites (N-methyl/N-ethyl adjacent to an activating group) is 1.